The first-order valence-corrected chi connectivity index (χ1v) is 9.38. The van der Waals surface area contributed by atoms with Crippen LogP contribution in [0.1, 0.15) is 15.9 Å². The van der Waals surface area contributed by atoms with Crippen molar-refractivity contribution in [2.45, 2.75) is 6.54 Å². The Hall–Kier alpha value is -2.36. The maximum atomic E-state index is 13.1. The Morgan fingerprint density at radius 1 is 1.10 bits per heavy atom. The molecular formula is C21H27FIN5O. The SMILES string of the molecule is CN=C(NCc1cccc(C(=O)NC)c1)N1CCN(c2ccc(F)cc2)CC1.I. The lowest BCUT2D eigenvalue weighted by molar-refractivity contribution is 0.0963. The van der Waals surface area contributed by atoms with Crippen LogP contribution in [0.4, 0.5) is 10.1 Å². The number of nitrogens with one attached hydrogen (secondary N) is 2. The van der Waals surface area contributed by atoms with Crippen molar-refractivity contribution in [3.63, 3.8) is 0 Å². The Labute approximate surface area is 188 Å². The summed E-state index contributed by atoms with van der Waals surface area (Å²) < 4.78 is 13.1. The summed E-state index contributed by atoms with van der Waals surface area (Å²) in [5.41, 5.74) is 2.70. The van der Waals surface area contributed by atoms with E-state index in [0.717, 1.165) is 43.4 Å². The molecule has 156 valence electrons. The van der Waals surface area contributed by atoms with E-state index in [9.17, 15) is 9.18 Å². The van der Waals surface area contributed by atoms with Crippen molar-refractivity contribution in [2.24, 2.45) is 4.99 Å². The summed E-state index contributed by atoms with van der Waals surface area (Å²) in [5, 5.41) is 6.02. The lowest BCUT2D eigenvalue weighted by Gasteiger charge is -2.37. The van der Waals surface area contributed by atoms with E-state index < -0.39 is 0 Å². The number of rotatable bonds is 4. The van der Waals surface area contributed by atoms with Crippen LogP contribution in [0.5, 0.6) is 0 Å². The predicted octanol–water partition coefficient (Wildman–Crippen LogP) is 2.70. The largest absolute Gasteiger partial charge is 0.368 e. The zero-order valence-corrected chi connectivity index (χ0v) is 19.0. The monoisotopic (exact) mass is 511 g/mol. The molecule has 0 radical (unpaired) electrons. The van der Waals surface area contributed by atoms with Gasteiger partial charge in [-0.05, 0) is 42.0 Å². The van der Waals surface area contributed by atoms with Gasteiger partial charge in [-0.25, -0.2) is 4.39 Å². The molecule has 2 N–H and O–H groups in total. The van der Waals surface area contributed by atoms with Gasteiger partial charge in [-0.1, -0.05) is 12.1 Å². The minimum absolute atomic E-state index is 0. The number of carbonyl (C=O) groups excluding carboxylic acids is 1. The number of anilines is 1. The highest BCUT2D eigenvalue weighted by Gasteiger charge is 2.19. The van der Waals surface area contributed by atoms with Crippen LogP contribution < -0.4 is 15.5 Å². The molecule has 0 aliphatic carbocycles. The van der Waals surface area contributed by atoms with Crippen molar-refractivity contribution in [3.05, 3.63) is 65.5 Å². The molecule has 1 fully saturated rings. The van der Waals surface area contributed by atoms with Gasteiger partial charge in [-0.2, -0.15) is 0 Å². The standard InChI is InChI=1S/C21H26FN5O.HI/c1-23-20(28)17-5-3-4-16(14-17)15-25-21(24-2)27-12-10-26(11-13-27)19-8-6-18(22)7-9-19;/h3-9,14H,10-13,15H2,1-2H3,(H,23,28)(H,24,25);1H. The zero-order chi connectivity index (χ0) is 19.9. The third kappa shape index (κ3) is 6.06. The Balaban J connectivity index is 0.00000300. The number of amides is 1. The first kappa shape index (κ1) is 22.9. The summed E-state index contributed by atoms with van der Waals surface area (Å²) >= 11 is 0. The minimum atomic E-state index is -0.215. The van der Waals surface area contributed by atoms with Crippen LogP contribution in [0.15, 0.2) is 53.5 Å². The fraction of sp³-hybridized carbons (Fsp3) is 0.333. The van der Waals surface area contributed by atoms with Crippen molar-refractivity contribution in [3.8, 4) is 0 Å². The number of halogens is 2. The van der Waals surface area contributed by atoms with E-state index in [1.165, 1.54) is 12.1 Å². The fourth-order valence-electron chi connectivity index (χ4n) is 3.31. The maximum Gasteiger partial charge on any atom is 0.251 e. The fourth-order valence-corrected chi connectivity index (χ4v) is 3.31. The van der Waals surface area contributed by atoms with E-state index in [4.69, 9.17) is 0 Å². The maximum absolute atomic E-state index is 13.1. The molecule has 29 heavy (non-hydrogen) atoms. The Bertz CT molecular complexity index is 835. The smallest absolute Gasteiger partial charge is 0.251 e. The first-order chi connectivity index (χ1) is 13.6. The van der Waals surface area contributed by atoms with Gasteiger partial charge < -0.3 is 20.4 Å². The quantitative estimate of drug-likeness (QED) is 0.377. The van der Waals surface area contributed by atoms with E-state index >= 15 is 0 Å². The third-order valence-corrected chi connectivity index (χ3v) is 4.85. The summed E-state index contributed by atoms with van der Waals surface area (Å²) in [6.07, 6.45) is 0. The van der Waals surface area contributed by atoms with E-state index in [2.05, 4.69) is 25.4 Å². The van der Waals surface area contributed by atoms with Gasteiger partial charge in [0.05, 0.1) is 0 Å². The summed E-state index contributed by atoms with van der Waals surface area (Å²) in [5.74, 6) is 0.528. The summed E-state index contributed by atoms with van der Waals surface area (Å²) in [6.45, 7) is 3.94. The van der Waals surface area contributed by atoms with Crippen molar-refractivity contribution < 1.29 is 9.18 Å². The molecule has 0 unspecified atom stereocenters. The van der Waals surface area contributed by atoms with Crippen molar-refractivity contribution in [1.29, 1.82) is 0 Å². The van der Waals surface area contributed by atoms with Crippen LogP contribution in [0.2, 0.25) is 0 Å². The van der Waals surface area contributed by atoms with E-state index in [1.807, 2.05) is 30.3 Å². The number of hydrogen-bond donors (Lipinski definition) is 2. The molecule has 0 bridgehead atoms. The molecule has 3 rings (SSSR count). The Kier molecular flexibility index (Phi) is 8.69. The molecule has 0 spiro atoms. The van der Waals surface area contributed by atoms with Crippen molar-refractivity contribution in [1.82, 2.24) is 15.5 Å². The van der Waals surface area contributed by atoms with Crippen LogP contribution in [-0.2, 0) is 6.54 Å². The second-order valence-electron chi connectivity index (χ2n) is 6.63. The van der Waals surface area contributed by atoms with Crippen LogP contribution in [-0.4, -0.2) is 57.0 Å². The average molecular weight is 511 g/mol. The Morgan fingerprint density at radius 3 is 2.41 bits per heavy atom. The van der Waals surface area contributed by atoms with E-state index in [0.29, 0.717) is 12.1 Å². The molecule has 2 aromatic rings. The Morgan fingerprint density at radius 2 is 1.79 bits per heavy atom. The van der Waals surface area contributed by atoms with Gasteiger partial charge in [-0.15, -0.1) is 24.0 Å². The number of carbonyl (C=O) groups is 1. The molecular weight excluding hydrogens is 484 g/mol. The van der Waals surface area contributed by atoms with Gasteiger partial charge in [-0.3, -0.25) is 9.79 Å². The molecule has 2 aromatic carbocycles. The predicted molar refractivity (Wildman–Crippen MR) is 126 cm³/mol. The molecule has 0 aromatic heterocycles. The van der Waals surface area contributed by atoms with Gasteiger partial charge in [0.15, 0.2) is 5.96 Å². The highest BCUT2D eigenvalue weighted by Crippen LogP contribution is 2.17. The van der Waals surface area contributed by atoms with E-state index in [1.54, 1.807) is 20.2 Å². The van der Waals surface area contributed by atoms with Gasteiger partial charge >= 0.3 is 0 Å². The van der Waals surface area contributed by atoms with Gasteiger partial charge in [0.1, 0.15) is 5.82 Å². The van der Waals surface area contributed by atoms with Crippen LogP contribution in [0, 0.1) is 5.82 Å². The summed E-state index contributed by atoms with van der Waals surface area (Å²) in [7, 11) is 3.40. The molecule has 1 heterocycles. The summed E-state index contributed by atoms with van der Waals surface area (Å²) in [4.78, 5) is 20.6. The van der Waals surface area contributed by atoms with Gasteiger partial charge in [0, 0.05) is 58.1 Å². The number of guanidine groups is 1. The molecule has 0 saturated carbocycles. The highest BCUT2D eigenvalue weighted by molar-refractivity contribution is 14.0. The molecule has 1 amide bonds. The topological polar surface area (TPSA) is 60.0 Å². The molecule has 1 aliphatic heterocycles. The number of aliphatic imine (C=N–C) groups is 1. The molecule has 0 atom stereocenters. The molecule has 1 saturated heterocycles. The van der Waals surface area contributed by atoms with Crippen LogP contribution >= 0.6 is 24.0 Å². The van der Waals surface area contributed by atoms with Crippen LogP contribution in [0.25, 0.3) is 0 Å². The van der Waals surface area contributed by atoms with E-state index in [-0.39, 0.29) is 35.7 Å². The van der Waals surface area contributed by atoms with Crippen molar-refractivity contribution in [2.75, 3.05) is 45.2 Å². The van der Waals surface area contributed by atoms with Crippen LogP contribution in [0.3, 0.4) is 0 Å². The number of piperazine rings is 1. The number of hydrogen-bond acceptors (Lipinski definition) is 3. The molecule has 8 heteroatoms. The lowest BCUT2D eigenvalue weighted by Crippen LogP contribution is -2.52. The normalized spacial score (nSPS) is 14.2. The average Bonchev–Trinajstić information content (AvgIpc) is 2.75. The molecule has 1 aliphatic rings. The van der Waals surface area contributed by atoms with Gasteiger partial charge in [0.2, 0.25) is 0 Å². The van der Waals surface area contributed by atoms with Crippen molar-refractivity contribution >= 4 is 41.5 Å². The first-order valence-electron chi connectivity index (χ1n) is 9.38. The zero-order valence-electron chi connectivity index (χ0n) is 16.7. The molecule has 6 nitrogen and oxygen atoms in total. The lowest BCUT2D eigenvalue weighted by atomic mass is 10.1. The number of nitrogens with zero attached hydrogens (tertiary/aromatic N) is 3. The number of benzene rings is 2. The van der Waals surface area contributed by atoms with Gasteiger partial charge in [0.25, 0.3) is 5.91 Å². The second kappa shape index (κ2) is 11.0. The second-order valence-corrected chi connectivity index (χ2v) is 6.63. The highest BCUT2D eigenvalue weighted by atomic mass is 127. The third-order valence-electron chi connectivity index (χ3n) is 4.85. The summed E-state index contributed by atoms with van der Waals surface area (Å²) in [6, 6.07) is 14.2. The minimum Gasteiger partial charge on any atom is -0.368 e.